The highest BCUT2D eigenvalue weighted by Gasteiger charge is 2.15. The highest BCUT2D eigenvalue weighted by Crippen LogP contribution is 2.19. The van der Waals surface area contributed by atoms with Gasteiger partial charge in [-0.2, -0.15) is 0 Å². The molecule has 0 bridgehead atoms. The molecule has 0 amide bonds. The molecule has 18 heavy (non-hydrogen) atoms. The second kappa shape index (κ2) is 5.94. The summed E-state index contributed by atoms with van der Waals surface area (Å²) >= 11 is 5.90. The minimum absolute atomic E-state index is 0.0958. The summed E-state index contributed by atoms with van der Waals surface area (Å²) < 4.78 is 10.8. The Kier molecular flexibility index (Phi) is 4.28. The fraction of sp³-hybridized carbons (Fsp3) is 0.286. The average Bonchev–Trinajstić information content (AvgIpc) is 2.81. The van der Waals surface area contributed by atoms with Crippen molar-refractivity contribution in [1.29, 1.82) is 0 Å². The first-order chi connectivity index (χ1) is 8.65. The second-order valence-electron chi connectivity index (χ2n) is 4.28. The third-order valence-electron chi connectivity index (χ3n) is 2.77. The lowest BCUT2D eigenvalue weighted by Crippen LogP contribution is -2.38. The monoisotopic (exact) mass is 265 g/mol. The summed E-state index contributed by atoms with van der Waals surface area (Å²) in [4.78, 5) is 0. The van der Waals surface area contributed by atoms with Crippen molar-refractivity contribution >= 4 is 11.6 Å². The summed E-state index contributed by atoms with van der Waals surface area (Å²) in [6, 6.07) is 9.12. The zero-order chi connectivity index (χ0) is 13.0. The van der Waals surface area contributed by atoms with E-state index in [0.717, 1.165) is 17.7 Å². The van der Waals surface area contributed by atoms with Gasteiger partial charge in [0, 0.05) is 11.1 Å². The molecule has 2 aromatic rings. The molecular weight excluding hydrogens is 250 g/mol. The van der Waals surface area contributed by atoms with E-state index < -0.39 is 0 Å². The van der Waals surface area contributed by atoms with Crippen LogP contribution < -0.4 is 10.5 Å². The van der Waals surface area contributed by atoms with E-state index in [0.29, 0.717) is 5.02 Å². The smallest absolute Gasteiger partial charge is 0.121 e. The number of furan rings is 1. The van der Waals surface area contributed by atoms with Crippen LogP contribution >= 0.6 is 11.6 Å². The lowest BCUT2D eigenvalue weighted by molar-refractivity contribution is 0.189. The topological polar surface area (TPSA) is 48.4 Å². The van der Waals surface area contributed by atoms with E-state index in [-0.39, 0.29) is 12.1 Å². The van der Waals surface area contributed by atoms with Crippen LogP contribution in [-0.4, -0.2) is 12.1 Å². The number of ether oxygens (including phenoxy) is 1. The predicted octanol–water partition coefficient (Wildman–Crippen LogP) is 3.27. The van der Waals surface area contributed by atoms with Crippen molar-refractivity contribution < 1.29 is 9.15 Å². The Bertz CT molecular complexity index is 484. The summed E-state index contributed by atoms with van der Waals surface area (Å²) in [6.45, 7) is 1.95. The Morgan fingerprint density at radius 1 is 1.39 bits per heavy atom. The maximum Gasteiger partial charge on any atom is 0.121 e. The van der Waals surface area contributed by atoms with Crippen molar-refractivity contribution in [1.82, 2.24) is 0 Å². The molecule has 2 N–H and O–H groups in total. The van der Waals surface area contributed by atoms with Crippen LogP contribution in [0.3, 0.4) is 0 Å². The zero-order valence-electron chi connectivity index (χ0n) is 10.2. The van der Waals surface area contributed by atoms with Crippen molar-refractivity contribution in [3.63, 3.8) is 0 Å². The lowest BCUT2D eigenvalue weighted by atomic mass is 10.1. The lowest BCUT2D eigenvalue weighted by Gasteiger charge is -2.21. The van der Waals surface area contributed by atoms with Crippen molar-refractivity contribution in [3.8, 4) is 5.75 Å². The Labute approximate surface area is 111 Å². The maximum absolute atomic E-state index is 6.09. The van der Waals surface area contributed by atoms with Crippen LogP contribution in [0.2, 0.25) is 5.02 Å². The normalized spacial score (nSPS) is 14.2. The highest BCUT2D eigenvalue weighted by atomic mass is 35.5. The Morgan fingerprint density at radius 3 is 2.89 bits per heavy atom. The Hall–Kier alpha value is -1.45. The summed E-state index contributed by atoms with van der Waals surface area (Å²) in [7, 11) is 0. The van der Waals surface area contributed by atoms with Gasteiger partial charge in [-0.05, 0) is 43.2 Å². The largest absolute Gasteiger partial charge is 0.489 e. The number of nitrogens with two attached hydrogens (primary N) is 1. The van der Waals surface area contributed by atoms with E-state index >= 15 is 0 Å². The number of benzene rings is 1. The third-order valence-corrected chi connectivity index (χ3v) is 3.01. The summed E-state index contributed by atoms with van der Waals surface area (Å²) in [5, 5.41) is 0.656. The summed E-state index contributed by atoms with van der Waals surface area (Å²) in [5.41, 5.74) is 7.17. The first-order valence-electron chi connectivity index (χ1n) is 5.84. The van der Waals surface area contributed by atoms with Crippen LogP contribution in [0.15, 0.2) is 47.3 Å². The minimum Gasteiger partial charge on any atom is -0.489 e. The SMILES string of the molecule is CC(Oc1cccc(Cl)c1)C(N)Cc1ccoc1. The molecule has 3 nitrogen and oxygen atoms in total. The minimum atomic E-state index is -0.0987. The molecule has 0 fully saturated rings. The van der Waals surface area contributed by atoms with E-state index in [2.05, 4.69) is 0 Å². The average molecular weight is 266 g/mol. The van der Waals surface area contributed by atoms with E-state index in [4.69, 9.17) is 26.5 Å². The van der Waals surface area contributed by atoms with Gasteiger partial charge >= 0.3 is 0 Å². The standard InChI is InChI=1S/C14H16ClNO2/c1-10(14(16)7-11-5-6-17-9-11)18-13-4-2-3-12(15)8-13/h2-6,8-10,14H,7,16H2,1H3. The molecule has 0 saturated heterocycles. The van der Waals surface area contributed by atoms with Gasteiger partial charge < -0.3 is 14.9 Å². The van der Waals surface area contributed by atoms with Gasteiger partial charge in [0.1, 0.15) is 11.9 Å². The number of rotatable bonds is 5. The quantitative estimate of drug-likeness (QED) is 0.903. The van der Waals surface area contributed by atoms with Crippen LogP contribution in [0, 0.1) is 0 Å². The molecule has 2 rings (SSSR count). The number of hydrogen-bond acceptors (Lipinski definition) is 3. The van der Waals surface area contributed by atoms with Gasteiger partial charge in [0.05, 0.1) is 12.5 Å². The fourth-order valence-electron chi connectivity index (χ4n) is 1.69. The molecule has 0 spiro atoms. The van der Waals surface area contributed by atoms with E-state index in [1.54, 1.807) is 18.6 Å². The first-order valence-corrected chi connectivity index (χ1v) is 6.22. The molecule has 1 heterocycles. The van der Waals surface area contributed by atoms with Crippen LogP contribution in [0.5, 0.6) is 5.75 Å². The molecule has 4 heteroatoms. The van der Waals surface area contributed by atoms with Gasteiger partial charge in [-0.1, -0.05) is 17.7 Å². The van der Waals surface area contributed by atoms with Crippen molar-refractivity contribution in [2.75, 3.05) is 0 Å². The summed E-state index contributed by atoms with van der Waals surface area (Å²) in [6.07, 6.45) is 3.97. The molecule has 0 aliphatic rings. The van der Waals surface area contributed by atoms with Gasteiger partial charge in [0.25, 0.3) is 0 Å². The molecule has 0 saturated carbocycles. The van der Waals surface area contributed by atoms with Crippen LogP contribution in [0.25, 0.3) is 0 Å². The number of halogens is 1. The maximum atomic E-state index is 6.09. The van der Waals surface area contributed by atoms with E-state index in [9.17, 15) is 0 Å². The molecule has 2 unspecified atom stereocenters. The second-order valence-corrected chi connectivity index (χ2v) is 4.72. The predicted molar refractivity (Wildman–Crippen MR) is 71.9 cm³/mol. The van der Waals surface area contributed by atoms with Crippen molar-refractivity contribution in [2.24, 2.45) is 5.73 Å². The van der Waals surface area contributed by atoms with Crippen molar-refractivity contribution in [3.05, 3.63) is 53.4 Å². The first kappa shape index (κ1) is 13.0. The van der Waals surface area contributed by atoms with Crippen LogP contribution in [0.1, 0.15) is 12.5 Å². The molecule has 2 atom stereocenters. The fourth-order valence-corrected chi connectivity index (χ4v) is 1.87. The van der Waals surface area contributed by atoms with E-state index in [1.807, 2.05) is 31.2 Å². The van der Waals surface area contributed by atoms with Crippen molar-refractivity contribution in [2.45, 2.75) is 25.5 Å². The van der Waals surface area contributed by atoms with Crippen LogP contribution in [0.4, 0.5) is 0 Å². The van der Waals surface area contributed by atoms with Gasteiger partial charge in [-0.15, -0.1) is 0 Å². The highest BCUT2D eigenvalue weighted by molar-refractivity contribution is 6.30. The zero-order valence-corrected chi connectivity index (χ0v) is 10.9. The molecule has 0 radical (unpaired) electrons. The van der Waals surface area contributed by atoms with Crippen LogP contribution in [-0.2, 0) is 6.42 Å². The van der Waals surface area contributed by atoms with Gasteiger partial charge in [0.15, 0.2) is 0 Å². The Morgan fingerprint density at radius 2 is 2.22 bits per heavy atom. The Balaban J connectivity index is 1.93. The molecule has 96 valence electrons. The molecule has 0 aliphatic heterocycles. The number of hydrogen-bond donors (Lipinski definition) is 1. The summed E-state index contributed by atoms with van der Waals surface area (Å²) in [5.74, 6) is 0.734. The van der Waals surface area contributed by atoms with Gasteiger partial charge in [0.2, 0.25) is 0 Å². The van der Waals surface area contributed by atoms with E-state index in [1.165, 1.54) is 0 Å². The van der Waals surface area contributed by atoms with Gasteiger partial charge in [-0.25, -0.2) is 0 Å². The molecule has 0 aliphatic carbocycles. The molecule has 1 aromatic heterocycles. The third kappa shape index (κ3) is 3.52. The molecule has 1 aromatic carbocycles. The molecular formula is C14H16ClNO2. The van der Waals surface area contributed by atoms with Gasteiger partial charge in [-0.3, -0.25) is 0 Å².